The number of halogens is 2. The van der Waals surface area contributed by atoms with E-state index in [9.17, 15) is 4.79 Å². The number of carbonyl (C=O) groups excluding carboxylic acids is 1. The average molecular weight is 384 g/mol. The summed E-state index contributed by atoms with van der Waals surface area (Å²) in [5, 5.41) is 6.25. The SMILES string of the molecule is O=C[C@@H]1C[C@@H]1c1c(Cl)cc2c(cnn2C2CCCCO2)c1Br. The van der Waals surface area contributed by atoms with Gasteiger partial charge in [-0.1, -0.05) is 11.6 Å². The summed E-state index contributed by atoms with van der Waals surface area (Å²) >= 11 is 10.2. The minimum absolute atomic E-state index is 0.0104. The molecular formula is C16H16BrClN2O2. The normalized spacial score (nSPS) is 28.0. The lowest BCUT2D eigenvalue weighted by Gasteiger charge is -2.23. The van der Waals surface area contributed by atoms with Crippen LogP contribution in [0.4, 0.5) is 0 Å². The third-order valence-electron chi connectivity index (χ3n) is 4.64. The highest BCUT2D eigenvalue weighted by molar-refractivity contribution is 9.10. The van der Waals surface area contributed by atoms with E-state index in [1.165, 1.54) is 0 Å². The van der Waals surface area contributed by atoms with Crippen molar-refractivity contribution in [2.24, 2.45) is 5.92 Å². The van der Waals surface area contributed by atoms with Gasteiger partial charge in [-0.05, 0) is 59.2 Å². The molecule has 0 radical (unpaired) electrons. The highest BCUT2D eigenvalue weighted by atomic mass is 79.9. The minimum atomic E-state index is -0.0104. The van der Waals surface area contributed by atoms with E-state index in [2.05, 4.69) is 21.0 Å². The molecule has 1 aliphatic carbocycles. The fourth-order valence-electron chi connectivity index (χ4n) is 3.32. The molecule has 6 heteroatoms. The zero-order valence-electron chi connectivity index (χ0n) is 12.0. The van der Waals surface area contributed by atoms with Crippen LogP contribution >= 0.6 is 27.5 Å². The van der Waals surface area contributed by atoms with Gasteiger partial charge in [0.2, 0.25) is 0 Å². The number of benzene rings is 1. The van der Waals surface area contributed by atoms with Gasteiger partial charge in [0, 0.05) is 27.4 Å². The first-order valence-corrected chi connectivity index (χ1v) is 8.80. The molecule has 1 aliphatic heterocycles. The van der Waals surface area contributed by atoms with Crippen LogP contribution in [0.15, 0.2) is 16.7 Å². The van der Waals surface area contributed by atoms with E-state index >= 15 is 0 Å². The molecule has 22 heavy (non-hydrogen) atoms. The number of rotatable bonds is 3. The number of aromatic nitrogens is 2. The Morgan fingerprint density at radius 2 is 2.32 bits per heavy atom. The number of hydrogen-bond donors (Lipinski definition) is 0. The van der Waals surface area contributed by atoms with Gasteiger partial charge in [0.05, 0.1) is 11.7 Å². The highest BCUT2D eigenvalue weighted by Crippen LogP contribution is 2.52. The van der Waals surface area contributed by atoms with Gasteiger partial charge in [-0.3, -0.25) is 0 Å². The topological polar surface area (TPSA) is 44.1 Å². The van der Waals surface area contributed by atoms with E-state index < -0.39 is 0 Å². The molecule has 1 saturated carbocycles. The maximum atomic E-state index is 11.0. The van der Waals surface area contributed by atoms with Crippen LogP contribution in [0.25, 0.3) is 10.9 Å². The Morgan fingerprint density at radius 3 is 3.00 bits per heavy atom. The number of fused-ring (bicyclic) bond motifs is 1. The molecule has 1 unspecified atom stereocenters. The molecule has 4 rings (SSSR count). The summed E-state index contributed by atoms with van der Waals surface area (Å²) in [5.74, 6) is 0.334. The number of aldehydes is 1. The summed E-state index contributed by atoms with van der Waals surface area (Å²) in [7, 11) is 0. The molecule has 4 nitrogen and oxygen atoms in total. The van der Waals surface area contributed by atoms with Crippen LogP contribution in [-0.4, -0.2) is 22.7 Å². The van der Waals surface area contributed by atoms with Gasteiger partial charge in [-0.15, -0.1) is 0 Å². The van der Waals surface area contributed by atoms with E-state index in [1.54, 1.807) is 0 Å². The molecule has 116 valence electrons. The van der Waals surface area contributed by atoms with Crippen LogP contribution in [0, 0.1) is 5.92 Å². The second-order valence-corrected chi connectivity index (χ2v) is 7.27. The zero-order valence-corrected chi connectivity index (χ0v) is 14.3. The van der Waals surface area contributed by atoms with Gasteiger partial charge in [-0.25, -0.2) is 4.68 Å². The predicted molar refractivity (Wildman–Crippen MR) is 88.2 cm³/mol. The van der Waals surface area contributed by atoms with Crippen molar-refractivity contribution in [1.29, 1.82) is 0 Å². The minimum Gasteiger partial charge on any atom is -0.356 e. The molecule has 0 bridgehead atoms. The van der Waals surface area contributed by atoms with Gasteiger partial charge >= 0.3 is 0 Å². The second-order valence-electron chi connectivity index (χ2n) is 6.07. The van der Waals surface area contributed by atoms with Crippen molar-refractivity contribution in [2.75, 3.05) is 6.61 Å². The Bertz CT molecular complexity index is 739. The smallest absolute Gasteiger partial charge is 0.150 e. The molecule has 1 aromatic heterocycles. The number of nitrogens with zero attached hydrogens (tertiary/aromatic N) is 2. The summed E-state index contributed by atoms with van der Waals surface area (Å²) < 4.78 is 8.72. The quantitative estimate of drug-likeness (QED) is 0.735. The molecular weight excluding hydrogens is 368 g/mol. The van der Waals surface area contributed by atoms with Crippen molar-refractivity contribution in [3.05, 3.63) is 27.3 Å². The summed E-state index contributed by atoms with van der Waals surface area (Å²) in [5.41, 5.74) is 2.02. The van der Waals surface area contributed by atoms with E-state index in [0.29, 0.717) is 5.02 Å². The van der Waals surface area contributed by atoms with Crippen LogP contribution in [0.2, 0.25) is 5.02 Å². The van der Waals surface area contributed by atoms with Crippen LogP contribution in [0.3, 0.4) is 0 Å². The summed E-state index contributed by atoms with van der Waals surface area (Å²) in [6.45, 7) is 0.780. The lowest BCUT2D eigenvalue weighted by molar-refractivity contribution is -0.108. The number of ether oxygens (including phenoxy) is 1. The Morgan fingerprint density at radius 1 is 1.45 bits per heavy atom. The van der Waals surface area contributed by atoms with Crippen molar-refractivity contribution < 1.29 is 9.53 Å². The van der Waals surface area contributed by atoms with E-state index in [1.807, 2.05) is 16.9 Å². The molecule has 2 aromatic rings. The van der Waals surface area contributed by atoms with Crippen LogP contribution < -0.4 is 0 Å². The largest absolute Gasteiger partial charge is 0.356 e. The molecule has 3 atom stereocenters. The first-order chi connectivity index (χ1) is 10.7. The van der Waals surface area contributed by atoms with Crippen molar-refractivity contribution in [3.63, 3.8) is 0 Å². The first kappa shape index (κ1) is 14.7. The maximum Gasteiger partial charge on any atom is 0.150 e. The van der Waals surface area contributed by atoms with E-state index in [0.717, 1.165) is 59.5 Å². The van der Waals surface area contributed by atoms with Crippen LogP contribution in [0.1, 0.15) is 43.4 Å². The Hall–Kier alpha value is -0.910. The highest BCUT2D eigenvalue weighted by Gasteiger charge is 2.41. The van der Waals surface area contributed by atoms with Crippen molar-refractivity contribution in [2.45, 2.75) is 37.8 Å². The van der Waals surface area contributed by atoms with Gasteiger partial charge in [-0.2, -0.15) is 5.10 Å². The summed E-state index contributed by atoms with van der Waals surface area (Å²) in [6, 6.07) is 1.96. The Labute approximate surface area is 141 Å². The molecule has 2 aliphatic rings. The number of hydrogen-bond acceptors (Lipinski definition) is 3. The first-order valence-electron chi connectivity index (χ1n) is 7.62. The third-order valence-corrected chi connectivity index (χ3v) is 5.81. The lowest BCUT2D eigenvalue weighted by Crippen LogP contribution is -2.18. The average Bonchev–Trinajstić information content (AvgIpc) is 3.18. The molecule has 0 spiro atoms. The van der Waals surface area contributed by atoms with Gasteiger partial charge in [0.25, 0.3) is 0 Å². The second kappa shape index (κ2) is 5.62. The fourth-order valence-corrected chi connectivity index (χ4v) is 4.58. The standard InChI is InChI=1S/C16H16BrClN2O2/c17-16-11-7-19-20(14-3-1-2-4-22-14)13(11)6-12(18)15(16)10-5-9(10)8-21/h6-10,14H,1-5H2/t9-,10-,14?/m0/s1. The maximum absolute atomic E-state index is 11.0. The lowest BCUT2D eigenvalue weighted by atomic mass is 10.1. The molecule has 0 amide bonds. The zero-order chi connectivity index (χ0) is 15.3. The molecule has 2 fully saturated rings. The van der Waals surface area contributed by atoms with Crippen molar-refractivity contribution in [1.82, 2.24) is 9.78 Å². The van der Waals surface area contributed by atoms with E-state index in [-0.39, 0.29) is 18.1 Å². The molecule has 1 aromatic carbocycles. The summed E-state index contributed by atoms with van der Waals surface area (Å²) in [4.78, 5) is 11.0. The van der Waals surface area contributed by atoms with Crippen LogP contribution in [0.5, 0.6) is 0 Å². The van der Waals surface area contributed by atoms with Gasteiger partial charge in [0.1, 0.15) is 6.29 Å². The molecule has 0 N–H and O–H groups in total. The Balaban J connectivity index is 1.79. The predicted octanol–water partition coefficient (Wildman–Crippen LogP) is 4.45. The monoisotopic (exact) mass is 382 g/mol. The van der Waals surface area contributed by atoms with Crippen molar-refractivity contribution >= 4 is 44.7 Å². The van der Waals surface area contributed by atoms with Gasteiger partial charge in [0.15, 0.2) is 6.23 Å². The third kappa shape index (κ3) is 2.30. The Kier molecular flexibility index (Phi) is 3.75. The van der Waals surface area contributed by atoms with Crippen LogP contribution in [-0.2, 0) is 9.53 Å². The number of carbonyl (C=O) groups is 1. The molecule has 2 heterocycles. The fraction of sp³-hybridized carbons (Fsp3) is 0.500. The van der Waals surface area contributed by atoms with Crippen molar-refractivity contribution in [3.8, 4) is 0 Å². The van der Waals surface area contributed by atoms with Gasteiger partial charge < -0.3 is 9.53 Å². The molecule has 1 saturated heterocycles. The van der Waals surface area contributed by atoms with E-state index in [4.69, 9.17) is 16.3 Å². The summed E-state index contributed by atoms with van der Waals surface area (Å²) in [6.07, 6.45) is 6.99.